The summed E-state index contributed by atoms with van der Waals surface area (Å²) in [6, 6.07) is 0. The summed E-state index contributed by atoms with van der Waals surface area (Å²) >= 11 is 5.93. The molecule has 0 aliphatic carbocycles. The Balaban J connectivity index is 0. The molecule has 0 saturated heterocycles. The van der Waals surface area contributed by atoms with Crippen molar-refractivity contribution in [3.05, 3.63) is 11.1 Å². The predicted molar refractivity (Wildman–Crippen MR) is 41.0 cm³/mol. The van der Waals surface area contributed by atoms with E-state index in [1.807, 2.05) is 0 Å². The van der Waals surface area contributed by atoms with Crippen LogP contribution in [-0.2, 0) is 0 Å². The molecule has 0 spiro atoms. The molecule has 1 unspecified atom stereocenters. The fourth-order valence-corrected chi connectivity index (χ4v) is 0.309. The summed E-state index contributed by atoms with van der Waals surface area (Å²) in [6.45, 7) is 0. The van der Waals surface area contributed by atoms with Crippen molar-refractivity contribution in [2.24, 2.45) is 0 Å². The SMILES string of the molecule is FC(C(F)(F)F)C(F)(F)Cl.FC=C(F)Br. The Labute approximate surface area is 92.0 Å². The van der Waals surface area contributed by atoms with Crippen molar-refractivity contribution in [1.29, 1.82) is 0 Å². The third kappa shape index (κ3) is 10.2. The van der Waals surface area contributed by atoms with Crippen LogP contribution in [0.5, 0.6) is 0 Å². The van der Waals surface area contributed by atoms with Gasteiger partial charge in [-0.25, -0.2) is 8.78 Å². The molecule has 0 heterocycles. The summed E-state index contributed by atoms with van der Waals surface area (Å²) in [5.41, 5.74) is 0. The van der Waals surface area contributed by atoms with Gasteiger partial charge in [0.15, 0.2) is 4.74 Å². The van der Waals surface area contributed by atoms with E-state index in [9.17, 15) is 35.1 Å². The molecule has 92 valence electrons. The van der Waals surface area contributed by atoms with E-state index in [4.69, 9.17) is 0 Å². The molecule has 0 aliphatic rings. The largest absolute Gasteiger partial charge is 0.427 e. The van der Waals surface area contributed by atoms with E-state index in [2.05, 4.69) is 27.5 Å². The summed E-state index contributed by atoms with van der Waals surface area (Å²) in [5, 5.41) is -4.88. The highest BCUT2D eigenvalue weighted by Gasteiger charge is 2.55. The second-order valence-corrected chi connectivity index (χ2v) is 3.11. The van der Waals surface area contributed by atoms with Gasteiger partial charge >= 0.3 is 11.6 Å². The highest BCUT2D eigenvalue weighted by molar-refractivity contribution is 9.11. The van der Waals surface area contributed by atoms with E-state index < -0.39 is 22.5 Å². The minimum absolute atomic E-state index is 0.167. The molecule has 10 heteroatoms. The molecule has 0 N–H and O–H groups in total. The van der Waals surface area contributed by atoms with Gasteiger partial charge < -0.3 is 0 Å². The Bertz CT molecular complexity index is 188. The molecular formula is C5H2BrClF8. The van der Waals surface area contributed by atoms with Gasteiger partial charge in [0.1, 0.15) is 6.33 Å². The van der Waals surface area contributed by atoms with Crippen LogP contribution in [0.2, 0.25) is 0 Å². The zero-order valence-electron chi connectivity index (χ0n) is 6.43. The first-order valence-electron chi connectivity index (χ1n) is 2.81. The van der Waals surface area contributed by atoms with Gasteiger partial charge in [-0.2, -0.15) is 26.3 Å². The lowest BCUT2D eigenvalue weighted by Crippen LogP contribution is -2.37. The number of alkyl halides is 7. The molecule has 15 heavy (non-hydrogen) atoms. The van der Waals surface area contributed by atoms with Gasteiger partial charge in [-0.15, -0.1) is 0 Å². The quantitative estimate of drug-likeness (QED) is 0.477. The lowest BCUT2D eigenvalue weighted by atomic mass is 10.4. The van der Waals surface area contributed by atoms with Crippen LogP contribution in [0.4, 0.5) is 35.1 Å². The molecule has 0 rings (SSSR count). The smallest absolute Gasteiger partial charge is 0.229 e. The van der Waals surface area contributed by atoms with Crippen molar-refractivity contribution >= 4 is 27.5 Å². The first kappa shape index (κ1) is 17.3. The molecule has 0 bridgehead atoms. The number of halogens is 10. The number of hydrogen-bond donors (Lipinski definition) is 0. The first-order chi connectivity index (χ1) is 6.42. The van der Waals surface area contributed by atoms with E-state index in [1.54, 1.807) is 0 Å². The molecule has 0 aromatic carbocycles. The average molecular weight is 329 g/mol. The van der Waals surface area contributed by atoms with Crippen LogP contribution in [0.3, 0.4) is 0 Å². The Morgan fingerprint density at radius 3 is 1.47 bits per heavy atom. The van der Waals surface area contributed by atoms with Crippen molar-refractivity contribution in [3.63, 3.8) is 0 Å². The number of rotatable bonds is 1. The van der Waals surface area contributed by atoms with Gasteiger partial charge in [0.25, 0.3) is 6.17 Å². The highest BCUT2D eigenvalue weighted by Crippen LogP contribution is 2.37. The van der Waals surface area contributed by atoms with Crippen LogP contribution < -0.4 is 0 Å². The fourth-order valence-electron chi connectivity index (χ4n) is 0.186. The van der Waals surface area contributed by atoms with Gasteiger partial charge in [-0.05, 0) is 27.5 Å². The second kappa shape index (κ2) is 6.51. The van der Waals surface area contributed by atoms with Gasteiger partial charge in [0, 0.05) is 0 Å². The van der Waals surface area contributed by atoms with Crippen LogP contribution in [0.1, 0.15) is 0 Å². The average Bonchev–Trinajstić information content (AvgIpc) is 2.01. The second-order valence-electron chi connectivity index (χ2n) is 1.84. The van der Waals surface area contributed by atoms with Gasteiger partial charge in [0.2, 0.25) is 0 Å². The topological polar surface area (TPSA) is 0 Å². The van der Waals surface area contributed by atoms with Crippen LogP contribution in [0.15, 0.2) is 11.1 Å². The minimum Gasteiger partial charge on any atom is -0.229 e. The maximum absolute atomic E-state index is 11.4. The molecule has 0 radical (unpaired) electrons. The molecule has 0 saturated carbocycles. The summed E-state index contributed by atoms with van der Waals surface area (Å²) in [6.07, 6.45) is -10.1. The normalized spacial score (nSPS) is 15.5. The summed E-state index contributed by atoms with van der Waals surface area (Å²) in [4.78, 5) is 0. The molecule has 0 fully saturated rings. The maximum atomic E-state index is 11.4. The van der Waals surface area contributed by atoms with E-state index in [0.717, 1.165) is 0 Å². The lowest BCUT2D eigenvalue weighted by Gasteiger charge is -2.15. The molecule has 0 amide bonds. The monoisotopic (exact) mass is 328 g/mol. The zero-order chi connectivity index (χ0) is 12.9. The predicted octanol–water partition coefficient (Wildman–Crippen LogP) is 4.84. The standard InChI is InChI=1S/C3HClF6.C2HBrF2/c4-2(6,7)1(5)3(8,9)10;3-2(5)1-4/h1H;1H. The van der Waals surface area contributed by atoms with Gasteiger partial charge in [-0.3, -0.25) is 0 Å². The van der Waals surface area contributed by atoms with E-state index >= 15 is 0 Å². The highest BCUT2D eigenvalue weighted by atomic mass is 79.9. The first-order valence-corrected chi connectivity index (χ1v) is 3.99. The molecular weight excluding hydrogens is 327 g/mol. The number of hydrogen-bond acceptors (Lipinski definition) is 0. The van der Waals surface area contributed by atoms with Crippen molar-refractivity contribution < 1.29 is 35.1 Å². The molecule has 0 aliphatic heterocycles. The van der Waals surface area contributed by atoms with E-state index in [0.29, 0.717) is 0 Å². The van der Waals surface area contributed by atoms with Crippen LogP contribution >= 0.6 is 27.5 Å². The Morgan fingerprint density at radius 2 is 1.47 bits per heavy atom. The van der Waals surface area contributed by atoms with Crippen molar-refractivity contribution in [2.45, 2.75) is 17.7 Å². The van der Waals surface area contributed by atoms with Crippen molar-refractivity contribution in [1.82, 2.24) is 0 Å². The fraction of sp³-hybridized carbons (Fsp3) is 0.600. The lowest BCUT2D eigenvalue weighted by molar-refractivity contribution is -0.222. The third-order valence-corrected chi connectivity index (χ3v) is 1.02. The Hall–Kier alpha value is -0.0500. The van der Waals surface area contributed by atoms with Crippen LogP contribution in [0.25, 0.3) is 0 Å². The molecule has 0 aromatic rings. The van der Waals surface area contributed by atoms with Crippen LogP contribution in [0, 0.1) is 0 Å². The van der Waals surface area contributed by atoms with E-state index in [1.165, 1.54) is 0 Å². The zero-order valence-corrected chi connectivity index (χ0v) is 8.78. The minimum atomic E-state index is -5.61. The Morgan fingerprint density at radius 1 is 1.20 bits per heavy atom. The molecule has 0 nitrogen and oxygen atoms in total. The Kier molecular flexibility index (Phi) is 7.53. The van der Waals surface area contributed by atoms with Crippen LogP contribution in [-0.4, -0.2) is 17.7 Å². The van der Waals surface area contributed by atoms with Crippen molar-refractivity contribution in [3.8, 4) is 0 Å². The van der Waals surface area contributed by atoms with E-state index in [-0.39, 0.29) is 6.33 Å². The van der Waals surface area contributed by atoms with Crippen molar-refractivity contribution in [2.75, 3.05) is 0 Å². The maximum Gasteiger partial charge on any atom is 0.427 e. The summed E-state index contributed by atoms with van der Waals surface area (Å²) in [7, 11) is 0. The molecule has 1 atom stereocenters. The third-order valence-electron chi connectivity index (χ3n) is 0.657. The van der Waals surface area contributed by atoms with Gasteiger partial charge in [-0.1, -0.05) is 0 Å². The molecule has 0 aromatic heterocycles. The summed E-state index contributed by atoms with van der Waals surface area (Å²) in [5.74, 6) is 0. The van der Waals surface area contributed by atoms with Gasteiger partial charge in [0.05, 0.1) is 0 Å². The summed E-state index contributed by atoms with van der Waals surface area (Å²) < 4.78 is 87.4.